The van der Waals surface area contributed by atoms with Gasteiger partial charge < -0.3 is 0 Å². The molecule has 3 fully saturated rings. The predicted octanol–water partition coefficient (Wildman–Crippen LogP) is 2.49. The maximum atomic E-state index is 2.76. The smallest absolute Gasteiger partial charge is 0.176 e. The van der Waals surface area contributed by atoms with Crippen LogP contribution < -0.4 is 0 Å². The van der Waals surface area contributed by atoms with Crippen LogP contribution in [0.4, 0.5) is 0 Å². The van der Waals surface area contributed by atoms with Gasteiger partial charge in [-0.15, -0.1) is 4.68 Å². The lowest BCUT2D eigenvalue weighted by atomic mass is 9.84. The van der Waals surface area contributed by atoms with E-state index in [4.69, 9.17) is 0 Å². The Balaban J connectivity index is 1.84. The van der Waals surface area contributed by atoms with Gasteiger partial charge in [-0.05, 0) is 25.7 Å². The highest BCUT2D eigenvalue weighted by atomic mass is 15.6. The van der Waals surface area contributed by atoms with Crippen molar-refractivity contribution in [3.8, 4) is 0 Å². The van der Waals surface area contributed by atoms with Crippen LogP contribution in [0.1, 0.15) is 51.4 Å². The standard InChI is InChI=1S/C14H21N2/c1-2-4-12-6-5-11(3-1)15-13-7-9-14(10-8-13)16(12)15/h5-6,11,13-14H,1-4,7-10H2/q+1/t11-,13?,14?/m1/s1. The van der Waals surface area contributed by atoms with Crippen LogP contribution in [0.25, 0.3) is 0 Å². The van der Waals surface area contributed by atoms with Crippen molar-refractivity contribution in [1.82, 2.24) is 5.01 Å². The largest absolute Gasteiger partial charge is 0.205 e. The van der Waals surface area contributed by atoms with Gasteiger partial charge in [0.15, 0.2) is 6.04 Å². The maximum absolute atomic E-state index is 2.76. The van der Waals surface area contributed by atoms with Crippen molar-refractivity contribution in [2.24, 2.45) is 0 Å². The molecule has 2 aliphatic carbocycles. The van der Waals surface area contributed by atoms with E-state index >= 15 is 0 Å². The lowest BCUT2D eigenvalue weighted by Gasteiger charge is -2.47. The molecule has 2 heteroatoms. The third-order valence-electron chi connectivity index (χ3n) is 4.96. The molecule has 0 N–H and O–H groups in total. The zero-order valence-corrected chi connectivity index (χ0v) is 9.94. The summed E-state index contributed by atoms with van der Waals surface area (Å²) in [6, 6.07) is 2.41. The quantitative estimate of drug-likeness (QED) is 0.565. The molecule has 0 aromatic heterocycles. The minimum atomic E-state index is 0.720. The molecule has 0 aromatic carbocycles. The van der Waals surface area contributed by atoms with Crippen molar-refractivity contribution < 1.29 is 4.68 Å². The van der Waals surface area contributed by atoms with E-state index in [0.29, 0.717) is 0 Å². The molecule has 5 rings (SSSR count). The zero-order chi connectivity index (χ0) is 10.5. The molecule has 5 aliphatic rings. The van der Waals surface area contributed by atoms with Crippen LogP contribution in [0.3, 0.4) is 0 Å². The van der Waals surface area contributed by atoms with Gasteiger partial charge in [0.1, 0.15) is 6.04 Å². The number of hydrogen-bond donors (Lipinski definition) is 0. The molecule has 0 radical (unpaired) electrons. The Labute approximate surface area is 97.6 Å². The number of rotatable bonds is 0. The van der Waals surface area contributed by atoms with Crippen molar-refractivity contribution in [3.63, 3.8) is 0 Å². The van der Waals surface area contributed by atoms with E-state index in [1.807, 2.05) is 0 Å². The van der Waals surface area contributed by atoms with Crippen LogP contribution in [0, 0.1) is 0 Å². The molecule has 1 atom stereocenters. The second-order valence-electron chi connectivity index (χ2n) is 5.85. The molecule has 0 unspecified atom stereocenters. The van der Waals surface area contributed by atoms with Gasteiger partial charge in [-0.1, -0.05) is 12.5 Å². The van der Waals surface area contributed by atoms with E-state index in [1.165, 1.54) is 51.4 Å². The summed E-state index contributed by atoms with van der Waals surface area (Å²) in [6.45, 7) is 0. The third-order valence-corrected chi connectivity index (χ3v) is 4.96. The molecular formula is C14H21N2+. The number of allylic oxidation sites excluding steroid dienone is 1. The van der Waals surface area contributed by atoms with Crippen molar-refractivity contribution >= 4 is 5.71 Å². The van der Waals surface area contributed by atoms with E-state index in [-0.39, 0.29) is 0 Å². The van der Waals surface area contributed by atoms with Gasteiger partial charge in [0.2, 0.25) is 5.71 Å². The Morgan fingerprint density at radius 3 is 2.81 bits per heavy atom. The van der Waals surface area contributed by atoms with Crippen molar-refractivity contribution in [2.75, 3.05) is 0 Å². The molecule has 2 nitrogen and oxygen atoms in total. The average Bonchev–Trinajstić information content (AvgIpc) is 2.30. The Bertz CT molecular complexity index is 361. The van der Waals surface area contributed by atoms with Gasteiger partial charge in [0, 0.05) is 25.3 Å². The van der Waals surface area contributed by atoms with Crippen LogP contribution >= 0.6 is 0 Å². The highest BCUT2D eigenvalue weighted by Crippen LogP contribution is 2.38. The lowest BCUT2D eigenvalue weighted by Crippen LogP contribution is -2.62. The Kier molecular flexibility index (Phi) is 1.94. The first-order valence-electron chi connectivity index (χ1n) is 7.05. The Morgan fingerprint density at radius 2 is 1.94 bits per heavy atom. The van der Waals surface area contributed by atoms with Crippen LogP contribution in [-0.2, 0) is 0 Å². The molecule has 0 amide bonds. The summed E-state index contributed by atoms with van der Waals surface area (Å²) in [5.41, 5.74) is 1.62. The number of hydrazine groups is 1. The minimum Gasteiger partial charge on any atom is -0.176 e. The van der Waals surface area contributed by atoms with Crippen molar-refractivity contribution in [1.29, 1.82) is 0 Å². The molecule has 2 saturated heterocycles. The Hall–Kier alpha value is -0.790. The van der Waals surface area contributed by atoms with E-state index in [2.05, 4.69) is 21.8 Å². The molecule has 86 valence electrons. The fourth-order valence-corrected chi connectivity index (χ4v) is 4.22. The highest BCUT2D eigenvalue weighted by molar-refractivity contribution is 5.91. The van der Waals surface area contributed by atoms with Gasteiger partial charge in [0.25, 0.3) is 0 Å². The number of hydrogen-bond acceptors (Lipinski definition) is 1. The lowest BCUT2D eigenvalue weighted by molar-refractivity contribution is -0.753. The Morgan fingerprint density at radius 1 is 1.06 bits per heavy atom. The summed E-state index contributed by atoms with van der Waals surface area (Å²) in [5.74, 6) is 0. The van der Waals surface area contributed by atoms with Gasteiger partial charge in [0.05, 0.1) is 6.04 Å². The average molecular weight is 217 g/mol. The van der Waals surface area contributed by atoms with Crippen LogP contribution in [-0.4, -0.2) is 33.5 Å². The zero-order valence-electron chi connectivity index (χ0n) is 9.94. The molecule has 3 heterocycles. The van der Waals surface area contributed by atoms with Gasteiger partial charge in [-0.3, -0.25) is 0 Å². The molecule has 3 aliphatic heterocycles. The second-order valence-corrected chi connectivity index (χ2v) is 5.85. The monoisotopic (exact) mass is 217 g/mol. The fourth-order valence-electron chi connectivity index (χ4n) is 4.22. The summed E-state index contributed by atoms with van der Waals surface area (Å²) in [5, 5.41) is 2.76. The first-order valence-corrected chi connectivity index (χ1v) is 7.05. The SMILES string of the molecule is C1=C[C@H]2CCCCC1=[N+]1C3CCC(CC3)N21. The highest BCUT2D eigenvalue weighted by Gasteiger charge is 2.49. The van der Waals surface area contributed by atoms with E-state index in [9.17, 15) is 0 Å². The number of fused-ring (bicyclic) bond motifs is 4. The van der Waals surface area contributed by atoms with Crippen LogP contribution in [0.5, 0.6) is 0 Å². The first kappa shape index (κ1) is 9.26. The van der Waals surface area contributed by atoms with Gasteiger partial charge in [-0.25, -0.2) is 0 Å². The normalized spacial score (nSPS) is 41.0. The number of hydrazone groups is 1. The molecule has 4 bridgehead atoms. The van der Waals surface area contributed by atoms with Crippen LogP contribution in [0.15, 0.2) is 12.2 Å². The summed E-state index contributed by atoms with van der Waals surface area (Å²) in [7, 11) is 0. The summed E-state index contributed by atoms with van der Waals surface area (Å²) < 4.78 is 2.71. The first-order chi connectivity index (χ1) is 7.93. The fraction of sp³-hybridized carbons (Fsp3) is 0.786. The minimum absolute atomic E-state index is 0.720. The molecular weight excluding hydrogens is 196 g/mol. The summed E-state index contributed by atoms with van der Waals surface area (Å²) in [4.78, 5) is 0. The van der Waals surface area contributed by atoms with E-state index in [1.54, 1.807) is 5.71 Å². The summed E-state index contributed by atoms with van der Waals surface area (Å²) >= 11 is 0. The van der Waals surface area contributed by atoms with Gasteiger partial charge in [-0.2, -0.15) is 5.01 Å². The van der Waals surface area contributed by atoms with Crippen molar-refractivity contribution in [3.05, 3.63) is 12.2 Å². The van der Waals surface area contributed by atoms with Crippen molar-refractivity contribution in [2.45, 2.75) is 69.5 Å². The predicted molar refractivity (Wildman–Crippen MR) is 64.5 cm³/mol. The molecule has 1 saturated carbocycles. The maximum Gasteiger partial charge on any atom is 0.205 e. The molecule has 0 spiro atoms. The third kappa shape index (κ3) is 1.16. The van der Waals surface area contributed by atoms with Crippen LogP contribution in [0.2, 0.25) is 0 Å². The summed E-state index contributed by atoms with van der Waals surface area (Å²) in [6.07, 6.45) is 16.2. The van der Waals surface area contributed by atoms with E-state index in [0.717, 1.165) is 18.1 Å². The topological polar surface area (TPSA) is 6.25 Å². The molecule has 0 aromatic rings. The molecule has 16 heavy (non-hydrogen) atoms. The van der Waals surface area contributed by atoms with Gasteiger partial charge >= 0.3 is 0 Å². The van der Waals surface area contributed by atoms with E-state index < -0.39 is 0 Å². The number of nitrogens with zero attached hydrogens (tertiary/aromatic N) is 2. The second kappa shape index (κ2) is 3.35.